The first kappa shape index (κ1) is 22.5. The van der Waals surface area contributed by atoms with Crippen LogP contribution in [0, 0.1) is 0 Å². The second kappa shape index (κ2) is 10.3. The maximum atomic E-state index is 5.88. The van der Waals surface area contributed by atoms with Gasteiger partial charge in [0, 0.05) is 49.0 Å². The predicted octanol–water partition coefficient (Wildman–Crippen LogP) is 6.36. The Balaban J connectivity index is 2.16. The minimum Gasteiger partial charge on any atom is -0.375 e. The molecule has 0 saturated heterocycles. The number of nitrogens with zero attached hydrogens (tertiary/aromatic N) is 2. The number of para-hydroxylation sites is 1. The highest BCUT2D eigenvalue weighted by Gasteiger charge is 2.39. The zero-order valence-electron chi connectivity index (χ0n) is 18.1. The summed E-state index contributed by atoms with van der Waals surface area (Å²) in [5.41, 5.74) is 5.07. The van der Waals surface area contributed by atoms with Gasteiger partial charge in [-0.25, -0.2) is 0 Å². The SMILES string of the molecule is C=CCN1[C@@H]([C@H](C=C)OC)C(C)=C(N(C)c2ccccc2)C[C@H]1c1ccccc1Br. The number of rotatable bonds is 8. The van der Waals surface area contributed by atoms with Crippen molar-refractivity contribution in [1.82, 2.24) is 4.90 Å². The first-order valence-electron chi connectivity index (χ1n) is 10.3. The van der Waals surface area contributed by atoms with Gasteiger partial charge in [-0.2, -0.15) is 0 Å². The molecular weight excluding hydrogens is 436 g/mol. The summed E-state index contributed by atoms with van der Waals surface area (Å²) in [5, 5.41) is 0. The Morgan fingerprint density at radius 2 is 1.83 bits per heavy atom. The van der Waals surface area contributed by atoms with Crippen molar-refractivity contribution in [1.29, 1.82) is 0 Å². The van der Waals surface area contributed by atoms with E-state index in [0.717, 1.165) is 17.4 Å². The number of hydrogen-bond acceptors (Lipinski definition) is 3. The van der Waals surface area contributed by atoms with E-state index >= 15 is 0 Å². The molecule has 3 rings (SSSR count). The van der Waals surface area contributed by atoms with E-state index in [9.17, 15) is 0 Å². The van der Waals surface area contributed by atoms with Crippen LogP contribution in [0.1, 0.15) is 24.9 Å². The van der Waals surface area contributed by atoms with E-state index in [1.807, 2.05) is 12.2 Å². The van der Waals surface area contributed by atoms with Crippen LogP contribution in [0.5, 0.6) is 0 Å². The number of anilines is 1. The molecule has 1 aliphatic rings. The summed E-state index contributed by atoms with van der Waals surface area (Å²) < 4.78 is 7.00. The molecule has 0 amide bonds. The predicted molar refractivity (Wildman–Crippen MR) is 131 cm³/mol. The lowest BCUT2D eigenvalue weighted by atomic mass is 9.85. The van der Waals surface area contributed by atoms with E-state index in [1.165, 1.54) is 22.5 Å². The summed E-state index contributed by atoms with van der Waals surface area (Å²) in [5.74, 6) is 0. The van der Waals surface area contributed by atoms with Gasteiger partial charge in [-0.1, -0.05) is 64.5 Å². The van der Waals surface area contributed by atoms with Crippen molar-refractivity contribution in [2.45, 2.75) is 31.5 Å². The molecule has 0 spiro atoms. The molecule has 0 N–H and O–H groups in total. The van der Waals surface area contributed by atoms with E-state index < -0.39 is 0 Å². The number of hydrogen-bond donors (Lipinski definition) is 0. The van der Waals surface area contributed by atoms with Crippen LogP contribution < -0.4 is 4.90 Å². The quantitative estimate of drug-likeness (QED) is 0.420. The van der Waals surface area contributed by atoms with Crippen LogP contribution in [0.2, 0.25) is 0 Å². The Labute approximate surface area is 189 Å². The second-order valence-corrected chi connectivity index (χ2v) is 8.49. The van der Waals surface area contributed by atoms with E-state index in [4.69, 9.17) is 4.74 Å². The van der Waals surface area contributed by atoms with Gasteiger partial charge in [-0.3, -0.25) is 4.90 Å². The lowest BCUT2D eigenvalue weighted by Gasteiger charge is -2.47. The molecule has 0 aromatic heterocycles. The summed E-state index contributed by atoms with van der Waals surface area (Å²) >= 11 is 3.78. The van der Waals surface area contributed by atoms with Gasteiger partial charge in [-0.15, -0.1) is 13.2 Å². The molecule has 0 unspecified atom stereocenters. The smallest absolute Gasteiger partial charge is 0.0943 e. The lowest BCUT2D eigenvalue weighted by Crippen LogP contribution is -2.50. The molecule has 0 saturated carbocycles. The van der Waals surface area contributed by atoms with Crippen molar-refractivity contribution < 1.29 is 4.74 Å². The molecule has 0 radical (unpaired) electrons. The molecule has 2 aromatic rings. The molecule has 2 aromatic carbocycles. The number of methoxy groups -OCH3 is 1. The summed E-state index contributed by atoms with van der Waals surface area (Å²) in [4.78, 5) is 4.80. The highest BCUT2D eigenvalue weighted by Crippen LogP contribution is 2.43. The van der Waals surface area contributed by atoms with Gasteiger partial charge in [0.15, 0.2) is 0 Å². The normalized spacial score (nSPS) is 20.7. The summed E-state index contributed by atoms with van der Waals surface area (Å²) in [6.45, 7) is 11.1. The summed E-state index contributed by atoms with van der Waals surface area (Å²) in [6, 6.07) is 19.3. The Hall–Kier alpha value is -2.14. The van der Waals surface area contributed by atoms with Gasteiger partial charge in [-0.05, 0) is 36.3 Å². The fourth-order valence-corrected chi connectivity index (χ4v) is 5.05. The molecule has 0 aliphatic carbocycles. The Kier molecular flexibility index (Phi) is 7.70. The van der Waals surface area contributed by atoms with E-state index in [-0.39, 0.29) is 18.2 Å². The minimum absolute atomic E-state index is 0.0671. The lowest BCUT2D eigenvalue weighted by molar-refractivity contribution is 0.0354. The molecule has 3 nitrogen and oxygen atoms in total. The maximum absolute atomic E-state index is 5.88. The van der Waals surface area contributed by atoms with E-state index in [2.05, 4.69) is 107 Å². The standard InChI is InChI=1S/C26H31BrN2O/c1-6-17-29-24(21-15-11-12-16-22(21)27)18-23(19(3)26(29)25(7-2)30-5)28(4)20-13-9-8-10-14-20/h6-16,24-26H,1-2,17-18H2,3-5H3/t24-,25-,26+/m0/s1. The molecule has 30 heavy (non-hydrogen) atoms. The van der Waals surface area contributed by atoms with Crippen molar-refractivity contribution >= 4 is 21.6 Å². The van der Waals surface area contributed by atoms with Crippen molar-refractivity contribution in [3.63, 3.8) is 0 Å². The first-order valence-corrected chi connectivity index (χ1v) is 11.1. The molecule has 4 heteroatoms. The van der Waals surface area contributed by atoms with Gasteiger partial charge >= 0.3 is 0 Å². The summed E-state index contributed by atoms with van der Waals surface area (Å²) in [7, 11) is 3.91. The van der Waals surface area contributed by atoms with Gasteiger partial charge < -0.3 is 9.64 Å². The van der Waals surface area contributed by atoms with Crippen LogP contribution in [0.3, 0.4) is 0 Å². The third kappa shape index (κ3) is 4.46. The van der Waals surface area contributed by atoms with Crippen LogP contribution in [0.25, 0.3) is 0 Å². The monoisotopic (exact) mass is 466 g/mol. The average Bonchev–Trinajstić information content (AvgIpc) is 2.77. The molecule has 0 fully saturated rings. The van der Waals surface area contributed by atoms with Crippen LogP contribution in [-0.2, 0) is 4.74 Å². The van der Waals surface area contributed by atoms with Gasteiger partial charge in [0.05, 0.1) is 12.1 Å². The maximum Gasteiger partial charge on any atom is 0.0943 e. The number of ether oxygens (including phenoxy) is 1. The highest BCUT2D eigenvalue weighted by atomic mass is 79.9. The largest absolute Gasteiger partial charge is 0.375 e. The Bertz CT molecular complexity index is 908. The number of benzene rings is 2. The van der Waals surface area contributed by atoms with Crippen LogP contribution >= 0.6 is 15.9 Å². The third-order valence-electron chi connectivity index (χ3n) is 6.01. The highest BCUT2D eigenvalue weighted by molar-refractivity contribution is 9.10. The molecule has 1 heterocycles. The average molecular weight is 467 g/mol. The Morgan fingerprint density at radius 3 is 2.43 bits per heavy atom. The zero-order valence-corrected chi connectivity index (χ0v) is 19.7. The van der Waals surface area contributed by atoms with Crippen LogP contribution in [0.4, 0.5) is 5.69 Å². The number of halogens is 1. The first-order chi connectivity index (χ1) is 14.5. The van der Waals surface area contributed by atoms with Crippen molar-refractivity contribution in [2.75, 3.05) is 25.6 Å². The summed E-state index contributed by atoms with van der Waals surface area (Å²) in [6.07, 6.45) is 4.67. The van der Waals surface area contributed by atoms with Crippen molar-refractivity contribution in [3.8, 4) is 0 Å². The van der Waals surface area contributed by atoms with Crippen molar-refractivity contribution in [3.05, 3.63) is 101 Å². The second-order valence-electron chi connectivity index (χ2n) is 7.63. The molecule has 1 aliphatic heterocycles. The van der Waals surface area contributed by atoms with Gasteiger partial charge in [0.25, 0.3) is 0 Å². The fourth-order valence-electron chi connectivity index (χ4n) is 4.50. The van der Waals surface area contributed by atoms with E-state index in [0.29, 0.717) is 0 Å². The fraction of sp³-hybridized carbons (Fsp3) is 0.308. The minimum atomic E-state index is -0.116. The molecule has 158 valence electrons. The van der Waals surface area contributed by atoms with Crippen molar-refractivity contribution in [2.24, 2.45) is 0 Å². The van der Waals surface area contributed by atoms with Gasteiger partial charge in [0.2, 0.25) is 0 Å². The van der Waals surface area contributed by atoms with Gasteiger partial charge in [0.1, 0.15) is 0 Å². The molecular formula is C26H31BrN2O. The molecule has 3 atom stereocenters. The third-order valence-corrected chi connectivity index (χ3v) is 6.73. The topological polar surface area (TPSA) is 15.7 Å². The molecule has 0 bridgehead atoms. The Morgan fingerprint density at radius 1 is 1.17 bits per heavy atom. The van der Waals surface area contributed by atoms with Crippen LogP contribution in [0.15, 0.2) is 95.7 Å². The van der Waals surface area contributed by atoms with Crippen LogP contribution in [-0.4, -0.2) is 37.7 Å². The zero-order chi connectivity index (χ0) is 21.7. The van der Waals surface area contributed by atoms with E-state index in [1.54, 1.807) is 7.11 Å².